The van der Waals surface area contributed by atoms with Gasteiger partial charge in [0.2, 0.25) is 0 Å². The van der Waals surface area contributed by atoms with Crippen molar-refractivity contribution in [2.75, 3.05) is 67.7 Å². The van der Waals surface area contributed by atoms with Gasteiger partial charge in [-0.15, -0.1) is 0 Å². The lowest BCUT2D eigenvalue weighted by Gasteiger charge is -2.34. The van der Waals surface area contributed by atoms with E-state index in [0.717, 1.165) is 43.3 Å². The average molecular weight is 464 g/mol. The van der Waals surface area contributed by atoms with Crippen LogP contribution >= 0.6 is 0 Å². The molecule has 5 rings (SSSR count). The van der Waals surface area contributed by atoms with E-state index in [1.807, 2.05) is 6.07 Å². The molecule has 3 aromatic rings. The van der Waals surface area contributed by atoms with Crippen LogP contribution in [0.4, 0.5) is 23.0 Å². The molecule has 0 saturated carbocycles. The van der Waals surface area contributed by atoms with Gasteiger partial charge in [0.05, 0.1) is 42.4 Å². The molecule has 0 radical (unpaired) electrons. The Kier molecular flexibility index (Phi) is 6.19. The molecular formula is C23H24N6O5. The maximum Gasteiger partial charge on any atom is 0.269 e. The number of rotatable bonds is 5. The third-order valence-electron chi connectivity index (χ3n) is 5.85. The van der Waals surface area contributed by atoms with E-state index in [4.69, 9.17) is 19.4 Å². The van der Waals surface area contributed by atoms with E-state index in [-0.39, 0.29) is 11.6 Å². The molecule has 0 spiro atoms. The first-order valence-corrected chi connectivity index (χ1v) is 11.1. The van der Waals surface area contributed by atoms with Gasteiger partial charge in [0.1, 0.15) is 0 Å². The zero-order valence-electron chi connectivity index (χ0n) is 18.5. The van der Waals surface area contributed by atoms with Crippen LogP contribution in [0, 0.1) is 10.1 Å². The Bertz CT molecular complexity index is 1210. The summed E-state index contributed by atoms with van der Waals surface area (Å²) < 4.78 is 11.0. The molecule has 2 aliphatic rings. The summed E-state index contributed by atoms with van der Waals surface area (Å²) in [5, 5.41) is 13.7. The maximum atomic E-state index is 12.6. The van der Waals surface area contributed by atoms with Gasteiger partial charge < -0.3 is 24.6 Å². The molecule has 3 heterocycles. The molecule has 0 atom stereocenters. The number of nitrogens with one attached hydrogen (secondary N) is 1. The minimum absolute atomic E-state index is 0.0655. The van der Waals surface area contributed by atoms with Crippen molar-refractivity contribution in [3.8, 4) is 0 Å². The highest BCUT2D eigenvalue weighted by Gasteiger charge is 2.24. The fraction of sp³-hybridized carbons (Fsp3) is 0.348. The van der Waals surface area contributed by atoms with Gasteiger partial charge in [-0.3, -0.25) is 14.9 Å². The molecule has 1 aromatic heterocycles. The molecule has 2 aromatic carbocycles. The predicted molar refractivity (Wildman–Crippen MR) is 127 cm³/mol. The summed E-state index contributed by atoms with van der Waals surface area (Å²) >= 11 is 0. The number of anilines is 3. The van der Waals surface area contributed by atoms with Gasteiger partial charge >= 0.3 is 0 Å². The summed E-state index contributed by atoms with van der Waals surface area (Å²) in [6.45, 7) is 5.52. The van der Waals surface area contributed by atoms with Crippen LogP contribution in [0.2, 0.25) is 0 Å². The third-order valence-corrected chi connectivity index (χ3v) is 5.85. The van der Waals surface area contributed by atoms with Gasteiger partial charge in [-0.1, -0.05) is 0 Å². The molecule has 11 nitrogen and oxygen atoms in total. The summed E-state index contributed by atoms with van der Waals surface area (Å²) in [6, 6.07) is 10.9. The van der Waals surface area contributed by atoms with Gasteiger partial charge in [-0.05, 0) is 30.3 Å². The molecular weight excluding hydrogens is 440 g/mol. The van der Waals surface area contributed by atoms with Gasteiger partial charge in [0.25, 0.3) is 11.6 Å². The molecule has 2 aliphatic heterocycles. The number of hydrogen-bond donors (Lipinski definition) is 1. The van der Waals surface area contributed by atoms with E-state index in [1.165, 1.54) is 24.3 Å². The quantitative estimate of drug-likeness (QED) is 0.448. The number of ether oxygens (including phenoxy) is 2. The Morgan fingerprint density at radius 3 is 1.97 bits per heavy atom. The van der Waals surface area contributed by atoms with Crippen molar-refractivity contribution in [3.63, 3.8) is 0 Å². The molecule has 0 aliphatic carbocycles. The van der Waals surface area contributed by atoms with E-state index < -0.39 is 4.92 Å². The topological polar surface area (TPSA) is 123 Å². The number of nitro benzene ring substituents is 1. The standard InChI is InChI=1S/C23H24N6O5/c30-23(16-1-4-18(5-2-16)29(31)32)24-17-3-6-19-20(15-17)26-22(28-9-13-34-14-10-28)21(25-19)27-7-11-33-12-8-27/h1-6,15H,7-14H2,(H,24,30). The number of benzene rings is 2. The molecule has 2 saturated heterocycles. The first-order valence-electron chi connectivity index (χ1n) is 11.1. The SMILES string of the molecule is O=C(Nc1ccc2nc(N3CCOCC3)c(N3CCOCC3)nc2c1)c1ccc([N+](=O)[O-])cc1. The monoisotopic (exact) mass is 464 g/mol. The number of nitrogens with zero attached hydrogens (tertiary/aromatic N) is 5. The molecule has 1 amide bonds. The lowest BCUT2D eigenvalue weighted by atomic mass is 10.2. The Morgan fingerprint density at radius 1 is 0.853 bits per heavy atom. The molecule has 176 valence electrons. The second-order valence-corrected chi connectivity index (χ2v) is 8.03. The van der Waals surface area contributed by atoms with Gasteiger partial charge in [0, 0.05) is 49.6 Å². The minimum atomic E-state index is -0.499. The van der Waals surface area contributed by atoms with Crippen LogP contribution in [0.25, 0.3) is 11.0 Å². The highest BCUT2D eigenvalue weighted by molar-refractivity contribution is 6.05. The Labute approximate surface area is 195 Å². The minimum Gasteiger partial charge on any atom is -0.378 e. The van der Waals surface area contributed by atoms with Crippen molar-refractivity contribution in [1.29, 1.82) is 0 Å². The second kappa shape index (κ2) is 9.57. The average Bonchev–Trinajstić information content (AvgIpc) is 2.89. The van der Waals surface area contributed by atoms with E-state index in [2.05, 4.69) is 15.1 Å². The maximum absolute atomic E-state index is 12.6. The molecule has 0 bridgehead atoms. The zero-order chi connectivity index (χ0) is 23.5. The van der Waals surface area contributed by atoms with Crippen LogP contribution in [-0.2, 0) is 9.47 Å². The summed E-state index contributed by atoms with van der Waals surface area (Å²) in [7, 11) is 0. The largest absolute Gasteiger partial charge is 0.378 e. The summed E-state index contributed by atoms with van der Waals surface area (Å²) in [5.74, 6) is 1.28. The van der Waals surface area contributed by atoms with Crippen molar-refractivity contribution in [2.45, 2.75) is 0 Å². The Hall–Kier alpha value is -3.83. The van der Waals surface area contributed by atoms with Crippen molar-refractivity contribution >= 4 is 40.0 Å². The van der Waals surface area contributed by atoms with E-state index in [0.29, 0.717) is 43.2 Å². The van der Waals surface area contributed by atoms with Gasteiger partial charge in [-0.25, -0.2) is 9.97 Å². The predicted octanol–water partition coefficient (Wildman–Crippen LogP) is 2.46. The fourth-order valence-corrected chi connectivity index (χ4v) is 4.03. The van der Waals surface area contributed by atoms with E-state index in [9.17, 15) is 14.9 Å². The fourth-order valence-electron chi connectivity index (χ4n) is 4.03. The van der Waals surface area contributed by atoms with E-state index in [1.54, 1.807) is 12.1 Å². The van der Waals surface area contributed by atoms with Crippen LogP contribution in [0.1, 0.15) is 10.4 Å². The number of nitro groups is 1. The number of amides is 1. The second-order valence-electron chi connectivity index (χ2n) is 8.03. The van der Waals surface area contributed by atoms with Crippen molar-refractivity contribution in [3.05, 3.63) is 58.1 Å². The number of carbonyl (C=O) groups excluding carboxylic acids is 1. The number of fused-ring (bicyclic) bond motifs is 1. The molecule has 2 fully saturated rings. The number of hydrogen-bond acceptors (Lipinski definition) is 9. The highest BCUT2D eigenvalue weighted by Crippen LogP contribution is 2.30. The highest BCUT2D eigenvalue weighted by atomic mass is 16.6. The number of aromatic nitrogens is 2. The van der Waals surface area contributed by atoms with Crippen molar-refractivity contribution in [1.82, 2.24) is 9.97 Å². The lowest BCUT2D eigenvalue weighted by molar-refractivity contribution is -0.384. The smallest absolute Gasteiger partial charge is 0.269 e. The molecule has 0 unspecified atom stereocenters. The van der Waals surface area contributed by atoms with Crippen molar-refractivity contribution in [2.24, 2.45) is 0 Å². The summed E-state index contributed by atoms with van der Waals surface area (Å²) in [5.41, 5.74) is 2.22. The Morgan fingerprint density at radius 2 is 1.41 bits per heavy atom. The summed E-state index contributed by atoms with van der Waals surface area (Å²) in [4.78, 5) is 37.2. The molecule has 1 N–H and O–H groups in total. The van der Waals surface area contributed by atoms with Crippen LogP contribution in [0.3, 0.4) is 0 Å². The lowest BCUT2D eigenvalue weighted by Crippen LogP contribution is -2.41. The number of morpholine rings is 2. The first kappa shape index (κ1) is 22.0. The van der Waals surface area contributed by atoms with Gasteiger partial charge in [0.15, 0.2) is 11.6 Å². The van der Waals surface area contributed by atoms with Crippen LogP contribution in [0.15, 0.2) is 42.5 Å². The molecule has 34 heavy (non-hydrogen) atoms. The molecule has 11 heteroatoms. The summed E-state index contributed by atoms with van der Waals surface area (Å²) in [6.07, 6.45) is 0. The van der Waals surface area contributed by atoms with Crippen molar-refractivity contribution < 1.29 is 19.2 Å². The van der Waals surface area contributed by atoms with Crippen LogP contribution in [-0.4, -0.2) is 73.4 Å². The third kappa shape index (κ3) is 4.61. The first-order chi connectivity index (χ1) is 16.6. The normalized spacial score (nSPS) is 16.5. The van der Waals surface area contributed by atoms with Gasteiger partial charge in [-0.2, -0.15) is 0 Å². The van der Waals surface area contributed by atoms with Crippen LogP contribution in [0.5, 0.6) is 0 Å². The zero-order valence-corrected chi connectivity index (χ0v) is 18.5. The number of non-ortho nitro benzene ring substituents is 1. The number of carbonyl (C=O) groups is 1. The Balaban J connectivity index is 1.44. The van der Waals surface area contributed by atoms with E-state index >= 15 is 0 Å². The van der Waals surface area contributed by atoms with Crippen LogP contribution < -0.4 is 15.1 Å².